The lowest BCUT2D eigenvalue weighted by Crippen LogP contribution is -1.97. The molecule has 2 N–H and O–H groups in total. The van der Waals surface area contributed by atoms with Gasteiger partial charge in [0.15, 0.2) is 0 Å². The van der Waals surface area contributed by atoms with E-state index in [9.17, 15) is 4.39 Å². The number of halogens is 2. The van der Waals surface area contributed by atoms with Crippen LogP contribution in [0, 0.1) is 5.82 Å². The van der Waals surface area contributed by atoms with Crippen LogP contribution in [-0.2, 0) is 6.42 Å². The van der Waals surface area contributed by atoms with Gasteiger partial charge in [-0.2, -0.15) is 0 Å². The second-order valence-electron chi connectivity index (χ2n) is 3.54. The lowest BCUT2D eigenvalue weighted by molar-refractivity contribution is 0.627. The third-order valence-electron chi connectivity index (χ3n) is 2.14. The van der Waals surface area contributed by atoms with E-state index in [0.29, 0.717) is 11.6 Å². The van der Waals surface area contributed by atoms with E-state index >= 15 is 0 Å². The van der Waals surface area contributed by atoms with Crippen LogP contribution >= 0.6 is 11.6 Å². The van der Waals surface area contributed by atoms with Crippen LogP contribution in [0.5, 0.6) is 0 Å². The van der Waals surface area contributed by atoms with Gasteiger partial charge in [-0.3, -0.25) is 0 Å². The standard InChI is InChI=1S/C12H15ClFN/c1-9(3-2-6-15)7-10-4-5-11(14)8-12(10)13/h3-5,8H,2,6-7,15H2,1H3. The number of hydrogen-bond donors (Lipinski definition) is 1. The SMILES string of the molecule is CC(=CCCN)Cc1ccc(F)cc1Cl. The zero-order valence-corrected chi connectivity index (χ0v) is 9.52. The molecule has 0 bridgehead atoms. The summed E-state index contributed by atoms with van der Waals surface area (Å²) in [5.74, 6) is -0.299. The van der Waals surface area contributed by atoms with E-state index in [1.807, 2.05) is 6.92 Å². The van der Waals surface area contributed by atoms with E-state index in [2.05, 4.69) is 6.08 Å². The molecule has 1 aromatic rings. The highest BCUT2D eigenvalue weighted by Crippen LogP contribution is 2.20. The summed E-state index contributed by atoms with van der Waals surface area (Å²) < 4.78 is 12.8. The van der Waals surface area contributed by atoms with Crippen molar-refractivity contribution in [3.63, 3.8) is 0 Å². The summed E-state index contributed by atoms with van der Waals surface area (Å²) in [4.78, 5) is 0. The lowest BCUT2D eigenvalue weighted by Gasteiger charge is -2.04. The zero-order valence-electron chi connectivity index (χ0n) is 8.76. The van der Waals surface area contributed by atoms with Crippen LogP contribution < -0.4 is 5.73 Å². The topological polar surface area (TPSA) is 26.0 Å². The Labute approximate surface area is 94.7 Å². The van der Waals surface area contributed by atoms with Crippen LogP contribution in [0.2, 0.25) is 5.02 Å². The lowest BCUT2D eigenvalue weighted by atomic mass is 10.1. The summed E-state index contributed by atoms with van der Waals surface area (Å²) in [7, 11) is 0. The van der Waals surface area contributed by atoms with Gasteiger partial charge in [-0.15, -0.1) is 0 Å². The maximum absolute atomic E-state index is 12.8. The molecular formula is C12H15ClFN. The summed E-state index contributed by atoms with van der Waals surface area (Å²) in [6.45, 7) is 2.67. The smallest absolute Gasteiger partial charge is 0.124 e. The van der Waals surface area contributed by atoms with Crippen LogP contribution in [0.15, 0.2) is 29.8 Å². The molecule has 15 heavy (non-hydrogen) atoms. The molecule has 1 rings (SSSR count). The first-order chi connectivity index (χ1) is 7.13. The fraction of sp³-hybridized carbons (Fsp3) is 0.333. The highest BCUT2D eigenvalue weighted by atomic mass is 35.5. The highest BCUT2D eigenvalue weighted by Gasteiger charge is 2.02. The number of hydrogen-bond acceptors (Lipinski definition) is 1. The van der Waals surface area contributed by atoms with Gasteiger partial charge in [0.05, 0.1) is 0 Å². The second kappa shape index (κ2) is 5.89. The Kier molecular flexibility index (Phi) is 4.79. The number of rotatable bonds is 4. The second-order valence-corrected chi connectivity index (χ2v) is 3.95. The fourth-order valence-electron chi connectivity index (χ4n) is 1.37. The van der Waals surface area contributed by atoms with Crippen molar-refractivity contribution in [2.45, 2.75) is 19.8 Å². The van der Waals surface area contributed by atoms with Crippen LogP contribution in [0.4, 0.5) is 4.39 Å². The average Bonchev–Trinajstić information content (AvgIpc) is 2.19. The molecule has 0 atom stereocenters. The van der Waals surface area contributed by atoms with Gasteiger partial charge < -0.3 is 5.73 Å². The van der Waals surface area contributed by atoms with Gasteiger partial charge >= 0.3 is 0 Å². The monoisotopic (exact) mass is 227 g/mol. The molecule has 0 saturated carbocycles. The minimum atomic E-state index is -0.299. The van der Waals surface area contributed by atoms with E-state index in [1.54, 1.807) is 6.07 Å². The maximum Gasteiger partial charge on any atom is 0.124 e. The Morgan fingerprint density at radius 3 is 2.87 bits per heavy atom. The summed E-state index contributed by atoms with van der Waals surface area (Å²) in [6, 6.07) is 4.49. The van der Waals surface area contributed by atoms with Crippen LogP contribution in [0.3, 0.4) is 0 Å². The Morgan fingerprint density at radius 2 is 2.27 bits per heavy atom. The molecule has 0 spiro atoms. The van der Waals surface area contributed by atoms with Gasteiger partial charge in [-0.1, -0.05) is 29.3 Å². The molecule has 0 aliphatic carbocycles. The summed E-state index contributed by atoms with van der Waals surface area (Å²) in [6.07, 6.45) is 3.70. The van der Waals surface area contributed by atoms with Crippen molar-refractivity contribution in [2.24, 2.45) is 5.73 Å². The molecule has 0 fully saturated rings. The molecule has 0 aromatic heterocycles. The first kappa shape index (κ1) is 12.2. The van der Waals surface area contributed by atoms with E-state index < -0.39 is 0 Å². The van der Waals surface area contributed by atoms with Gasteiger partial charge in [0.25, 0.3) is 0 Å². The van der Waals surface area contributed by atoms with Gasteiger partial charge in [-0.25, -0.2) is 4.39 Å². The van der Waals surface area contributed by atoms with Crippen molar-refractivity contribution in [1.82, 2.24) is 0 Å². The van der Waals surface area contributed by atoms with Gasteiger partial charge in [0.1, 0.15) is 5.82 Å². The van der Waals surface area contributed by atoms with Gasteiger partial charge in [-0.05, 0) is 44.0 Å². The maximum atomic E-state index is 12.8. The van der Waals surface area contributed by atoms with E-state index in [1.165, 1.54) is 17.7 Å². The molecular weight excluding hydrogens is 213 g/mol. The van der Waals surface area contributed by atoms with E-state index in [4.69, 9.17) is 17.3 Å². The highest BCUT2D eigenvalue weighted by molar-refractivity contribution is 6.31. The summed E-state index contributed by atoms with van der Waals surface area (Å²) in [5.41, 5.74) is 7.55. The summed E-state index contributed by atoms with van der Waals surface area (Å²) in [5, 5.41) is 0.482. The summed E-state index contributed by atoms with van der Waals surface area (Å²) >= 11 is 5.92. The molecule has 0 amide bonds. The molecule has 0 heterocycles. The molecule has 0 aliphatic heterocycles. The average molecular weight is 228 g/mol. The number of nitrogens with two attached hydrogens (primary N) is 1. The fourth-order valence-corrected chi connectivity index (χ4v) is 1.60. The molecule has 82 valence electrons. The normalized spacial score (nSPS) is 11.9. The minimum Gasteiger partial charge on any atom is -0.330 e. The molecule has 1 aromatic carbocycles. The third kappa shape index (κ3) is 4.02. The predicted octanol–water partition coefficient (Wildman–Crippen LogP) is 3.32. The van der Waals surface area contributed by atoms with Crippen molar-refractivity contribution in [1.29, 1.82) is 0 Å². The van der Waals surface area contributed by atoms with E-state index in [-0.39, 0.29) is 5.82 Å². The third-order valence-corrected chi connectivity index (χ3v) is 2.50. The Hall–Kier alpha value is -0.860. The quantitative estimate of drug-likeness (QED) is 0.785. The predicted molar refractivity (Wildman–Crippen MR) is 62.5 cm³/mol. The largest absolute Gasteiger partial charge is 0.330 e. The van der Waals surface area contributed by atoms with E-state index in [0.717, 1.165) is 18.4 Å². The first-order valence-corrected chi connectivity index (χ1v) is 5.31. The van der Waals surface area contributed by atoms with Crippen molar-refractivity contribution < 1.29 is 4.39 Å². The number of allylic oxidation sites excluding steroid dienone is 1. The van der Waals surface area contributed by atoms with Crippen molar-refractivity contribution in [3.05, 3.63) is 46.3 Å². The van der Waals surface area contributed by atoms with Crippen molar-refractivity contribution >= 4 is 11.6 Å². The molecule has 3 heteroatoms. The van der Waals surface area contributed by atoms with Crippen molar-refractivity contribution in [2.75, 3.05) is 6.54 Å². The Morgan fingerprint density at radius 1 is 1.53 bits per heavy atom. The Bertz CT molecular complexity index is 361. The number of benzene rings is 1. The van der Waals surface area contributed by atoms with Crippen LogP contribution in [-0.4, -0.2) is 6.54 Å². The molecule has 1 nitrogen and oxygen atoms in total. The first-order valence-electron chi connectivity index (χ1n) is 4.93. The molecule has 0 saturated heterocycles. The zero-order chi connectivity index (χ0) is 11.3. The minimum absolute atomic E-state index is 0.299. The molecule has 0 radical (unpaired) electrons. The van der Waals surface area contributed by atoms with Crippen molar-refractivity contribution in [3.8, 4) is 0 Å². The molecule has 0 unspecified atom stereocenters. The Balaban J connectivity index is 2.72. The van der Waals surface area contributed by atoms with Gasteiger partial charge in [0, 0.05) is 5.02 Å². The van der Waals surface area contributed by atoms with Gasteiger partial charge in [0.2, 0.25) is 0 Å². The van der Waals surface area contributed by atoms with Crippen LogP contribution in [0.25, 0.3) is 0 Å². The molecule has 0 aliphatic rings. The van der Waals surface area contributed by atoms with Crippen LogP contribution in [0.1, 0.15) is 18.9 Å².